The molecule has 3 aromatic carbocycles. The quantitative estimate of drug-likeness (QED) is 0.291. The first-order chi connectivity index (χ1) is 21.8. The summed E-state index contributed by atoms with van der Waals surface area (Å²) in [6.45, 7) is 6.90. The van der Waals surface area contributed by atoms with Crippen LogP contribution >= 0.6 is 0 Å². The van der Waals surface area contributed by atoms with Crippen molar-refractivity contribution in [3.8, 4) is 16.9 Å². The van der Waals surface area contributed by atoms with Gasteiger partial charge in [0.2, 0.25) is 5.91 Å². The molecular weight excluding hydrogens is 584 g/mol. The fourth-order valence-corrected chi connectivity index (χ4v) is 8.10. The van der Waals surface area contributed by atoms with Gasteiger partial charge in [-0.3, -0.25) is 24.0 Å². The number of carbonyl (C=O) groups is 5. The molecule has 0 aliphatic heterocycles. The molecule has 9 nitrogen and oxygen atoms in total. The highest BCUT2D eigenvalue weighted by Crippen LogP contribution is 2.53. The highest BCUT2D eigenvalue weighted by molar-refractivity contribution is 6.32. The number of phenols is 1. The van der Waals surface area contributed by atoms with Gasteiger partial charge >= 0.3 is 0 Å². The summed E-state index contributed by atoms with van der Waals surface area (Å²) < 4.78 is 0. The summed E-state index contributed by atoms with van der Waals surface area (Å²) in [7, 11) is 0. The maximum absolute atomic E-state index is 14.0. The van der Waals surface area contributed by atoms with Gasteiger partial charge in [-0.15, -0.1) is 0 Å². The number of primary amides is 1. The molecule has 3 aliphatic carbocycles. The summed E-state index contributed by atoms with van der Waals surface area (Å²) in [6, 6.07) is 19.4. The van der Waals surface area contributed by atoms with Crippen molar-refractivity contribution in [3.63, 3.8) is 0 Å². The Morgan fingerprint density at radius 3 is 2.33 bits per heavy atom. The predicted molar refractivity (Wildman–Crippen MR) is 169 cm³/mol. The van der Waals surface area contributed by atoms with Crippen LogP contribution in [-0.4, -0.2) is 44.9 Å². The monoisotopic (exact) mass is 622 g/mol. The largest absolute Gasteiger partial charge is 0.507 e. The summed E-state index contributed by atoms with van der Waals surface area (Å²) >= 11 is 0. The lowest BCUT2D eigenvalue weighted by atomic mass is 9.49. The number of phenolic OH excluding ortho intramolecular Hbond substituents is 1. The average Bonchev–Trinajstić information content (AvgIpc) is 2.99. The molecule has 9 heteroatoms. The van der Waals surface area contributed by atoms with Crippen LogP contribution in [0.5, 0.6) is 5.75 Å². The molecule has 0 bridgehead atoms. The zero-order valence-electron chi connectivity index (χ0n) is 26.1. The molecule has 3 aromatic rings. The molecule has 2 unspecified atom stereocenters. The smallest absolute Gasteiger partial charge is 0.235 e. The molecule has 2 fully saturated rings. The molecule has 3 aliphatic rings. The number of rotatable bonds is 7. The van der Waals surface area contributed by atoms with Crippen LogP contribution in [-0.2, 0) is 38.7 Å². The van der Waals surface area contributed by atoms with E-state index >= 15 is 0 Å². The molecule has 6 atom stereocenters. The number of carbonyl (C=O) groups excluding carboxylic acids is 5. The molecule has 0 aromatic heterocycles. The molecule has 46 heavy (non-hydrogen) atoms. The van der Waals surface area contributed by atoms with E-state index in [9.17, 15) is 34.2 Å². The van der Waals surface area contributed by atoms with Crippen molar-refractivity contribution in [1.82, 2.24) is 5.32 Å². The van der Waals surface area contributed by atoms with Gasteiger partial charge < -0.3 is 21.3 Å². The highest BCUT2D eigenvalue weighted by Gasteiger charge is 2.69. The summed E-state index contributed by atoms with van der Waals surface area (Å²) in [5.74, 6) is -11.6. The molecule has 0 spiro atoms. The third-order valence-electron chi connectivity index (χ3n) is 10.2. The van der Waals surface area contributed by atoms with E-state index < -0.39 is 70.1 Å². The molecule has 5 N–H and O–H groups in total. The number of aliphatic hydroxyl groups is 1. The highest BCUT2D eigenvalue weighted by atomic mass is 16.3. The SMILES string of the molecule is Cc1cccc(CNCc2ccc(-c3ccc(O)c4c3C[C@H]3C[C@H]5[C@H](C(C)C)C(=O)C(C(N)=O)C(=O)[C@@]5(O)C(=O)C3C4=O)cc2)c1. The lowest BCUT2D eigenvalue weighted by Crippen LogP contribution is -2.71. The zero-order valence-corrected chi connectivity index (χ0v) is 26.1. The second-order valence-corrected chi connectivity index (χ2v) is 13.4. The Labute approximate surface area is 267 Å². The minimum Gasteiger partial charge on any atom is -0.507 e. The maximum atomic E-state index is 14.0. The predicted octanol–water partition coefficient (Wildman–Crippen LogP) is 3.47. The van der Waals surface area contributed by atoms with Gasteiger partial charge in [-0.05, 0) is 65.5 Å². The van der Waals surface area contributed by atoms with Crippen LogP contribution in [0.1, 0.15) is 52.9 Å². The molecule has 0 radical (unpaired) electrons. The lowest BCUT2D eigenvalue weighted by molar-refractivity contribution is -0.182. The third kappa shape index (κ3) is 4.98. The van der Waals surface area contributed by atoms with Gasteiger partial charge in [0.15, 0.2) is 34.7 Å². The average molecular weight is 623 g/mol. The van der Waals surface area contributed by atoms with Gasteiger partial charge in [-0.25, -0.2) is 0 Å². The van der Waals surface area contributed by atoms with E-state index in [0.717, 1.165) is 23.2 Å². The number of benzene rings is 3. The van der Waals surface area contributed by atoms with E-state index in [1.807, 2.05) is 30.3 Å². The van der Waals surface area contributed by atoms with Crippen LogP contribution in [0.2, 0.25) is 0 Å². The Kier molecular flexibility index (Phi) is 8.02. The van der Waals surface area contributed by atoms with Gasteiger partial charge in [-0.1, -0.05) is 74.0 Å². The molecule has 0 heterocycles. The molecule has 2 saturated carbocycles. The minimum atomic E-state index is -2.70. The number of hydrogen-bond donors (Lipinski definition) is 4. The van der Waals surface area contributed by atoms with Crippen LogP contribution in [0.15, 0.2) is 60.7 Å². The fourth-order valence-electron chi connectivity index (χ4n) is 8.10. The first-order valence-corrected chi connectivity index (χ1v) is 15.7. The Morgan fingerprint density at radius 1 is 0.978 bits per heavy atom. The summed E-state index contributed by atoms with van der Waals surface area (Å²) in [5.41, 5.74) is 8.31. The van der Waals surface area contributed by atoms with Crippen molar-refractivity contribution in [2.24, 2.45) is 41.2 Å². The van der Waals surface area contributed by atoms with Crippen molar-refractivity contribution in [2.75, 3.05) is 0 Å². The first kappa shape index (κ1) is 31.5. The Hall–Kier alpha value is -4.47. The van der Waals surface area contributed by atoms with Crippen molar-refractivity contribution < 1.29 is 34.2 Å². The maximum Gasteiger partial charge on any atom is 0.235 e. The summed E-state index contributed by atoms with van der Waals surface area (Å²) in [4.78, 5) is 67.1. The van der Waals surface area contributed by atoms with Crippen LogP contribution < -0.4 is 11.1 Å². The topological polar surface area (TPSA) is 164 Å². The second kappa shape index (κ2) is 11.7. The van der Waals surface area contributed by atoms with Gasteiger partial charge in [0, 0.05) is 24.9 Å². The standard InChI is InChI=1S/C37H38N2O7/c1-18(2)28-26-15-23-14-25-24(22-9-7-20(8-10-22)16-39-17-21-6-4-5-19(3)13-21)11-12-27(40)30(25)33(42)29(23)34(43)37(26,46)35(44)31(32(28)41)36(38)45/h4-13,18,23,26,28-29,31,39-40,46H,14-17H2,1-3H3,(H2,38,45)/t23-,26-,28-,29?,31?,37-/m0/s1. The van der Waals surface area contributed by atoms with E-state index in [0.29, 0.717) is 12.1 Å². The normalized spacial score (nSPS) is 27.3. The minimum absolute atomic E-state index is 0.00996. The Balaban J connectivity index is 1.31. The van der Waals surface area contributed by atoms with Crippen molar-refractivity contribution in [3.05, 3.63) is 88.5 Å². The van der Waals surface area contributed by atoms with Gasteiger partial charge in [-0.2, -0.15) is 0 Å². The molecule has 1 amide bonds. The van der Waals surface area contributed by atoms with Crippen LogP contribution in [0.25, 0.3) is 11.1 Å². The van der Waals surface area contributed by atoms with E-state index in [1.54, 1.807) is 19.9 Å². The van der Waals surface area contributed by atoms with E-state index in [-0.39, 0.29) is 24.2 Å². The second-order valence-electron chi connectivity index (χ2n) is 13.4. The number of ketones is 4. The number of nitrogens with one attached hydrogen (secondary N) is 1. The van der Waals surface area contributed by atoms with Crippen molar-refractivity contribution in [2.45, 2.75) is 52.3 Å². The number of aryl methyl sites for hydroxylation is 1. The fraction of sp³-hybridized carbons (Fsp3) is 0.378. The van der Waals surface area contributed by atoms with Crippen LogP contribution in [0.4, 0.5) is 0 Å². The van der Waals surface area contributed by atoms with Gasteiger partial charge in [0.1, 0.15) is 5.75 Å². The molecule has 0 saturated heterocycles. The number of amides is 1. The van der Waals surface area contributed by atoms with Gasteiger partial charge in [0.25, 0.3) is 0 Å². The summed E-state index contributed by atoms with van der Waals surface area (Å²) in [6.07, 6.45) is 0.268. The Morgan fingerprint density at radius 2 is 1.67 bits per heavy atom. The van der Waals surface area contributed by atoms with Crippen LogP contribution in [0.3, 0.4) is 0 Å². The lowest BCUT2D eigenvalue weighted by Gasteiger charge is -2.52. The third-order valence-corrected chi connectivity index (χ3v) is 10.2. The number of fused-ring (bicyclic) bond motifs is 3. The summed E-state index contributed by atoms with van der Waals surface area (Å²) in [5, 5.41) is 26.1. The molecule has 6 rings (SSSR count). The Bertz CT molecular complexity index is 1780. The number of Topliss-reactive ketones (excluding diaryl/α,β-unsaturated/α-hetero) is 4. The molecule has 238 valence electrons. The zero-order chi connectivity index (χ0) is 33.1. The van der Waals surface area contributed by atoms with Crippen LogP contribution in [0, 0.1) is 42.4 Å². The number of hydrogen-bond acceptors (Lipinski definition) is 8. The van der Waals surface area contributed by atoms with Crippen molar-refractivity contribution in [1.29, 1.82) is 0 Å². The van der Waals surface area contributed by atoms with Crippen molar-refractivity contribution >= 4 is 29.0 Å². The number of aromatic hydroxyl groups is 1. The first-order valence-electron chi connectivity index (χ1n) is 15.7. The number of nitrogens with two attached hydrogens (primary N) is 1. The van der Waals surface area contributed by atoms with E-state index in [1.165, 1.54) is 17.2 Å². The van der Waals surface area contributed by atoms with E-state index in [4.69, 9.17) is 5.73 Å². The molecular formula is C37H38N2O7. The van der Waals surface area contributed by atoms with Gasteiger partial charge in [0.05, 0.1) is 11.5 Å². The van der Waals surface area contributed by atoms with E-state index in [2.05, 4.69) is 30.4 Å².